The lowest BCUT2D eigenvalue weighted by atomic mass is 9.92. The van der Waals surface area contributed by atoms with Crippen LogP contribution < -0.4 is 10.6 Å². The number of thiol groups is 1. The van der Waals surface area contributed by atoms with Crippen LogP contribution in [0.1, 0.15) is 25.5 Å². The normalized spacial score (nSPS) is 23.2. The van der Waals surface area contributed by atoms with E-state index in [1.165, 1.54) is 12.1 Å². The molecule has 2 unspecified atom stereocenters. The molecule has 0 fully saturated rings. The van der Waals surface area contributed by atoms with Crippen LogP contribution in [0.5, 0.6) is 0 Å². The molecule has 1 heterocycles. The van der Waals surface area contributed by atoms with Gasteiger partial charge in [0.25, 0.3) is 0 Å². The van der Waals surface area contributed by atoms with Gasteiger partial charge in [0, 0.05) is 5.70 Å². The monoisotopic (exact) mass is 277 g/mol. The Labute approximate surface area is 117 Å². The van der Waals surface area contributed by atoms with Crippen LogP contribution in [0.4, 0.5) is 4.39 Å². The molecule has 5 heteroatoms. The Morgan fingerprint density at radius 3 is 2.47 bits per heavy atom. The second-order valence-corrected chi connectivity index (χ2v) is 5.31. The molecule has 1 aliphatic rings. The van der Waals surface area contributed by atoms with Crippen LogP contribution in [0.3, 0.4) is 0 Å². The number of rotatable bonds is 2. The number of allylic oxidation sites excluding steroid dienone is 1. The third-order valence-corrected chi connectivity index (χ3v) is 3.37. The lowest BCUT2D eigenvalue weighted by Crippen LogP contribution is -2.46. The topological polar surface area (TPSA) is 47.9 Å². The van der Waals surface area contributed by atoms with Crippen LogP contribution in [0.2, 0.25) is 0 Å². The zero-order valence-electron chi connectivity index (χ0n) is 10.8. The molecule has 1 aromatic rings. The van der Waals surface area contributed by atoms with Gasteiger partial charge < -0.3 is 5.32 Å². The Kier molecular flexibility index (Phi) is 4.13. The highest BCUT2D eigenvalue weighted by Crippen LogP contribution is 2.30. The van der Waals surface area contributed by atoms with E-state index in [2.05, 4.69) is 29.3 Å². The van der Waals surface area contributed by atoms with Crippen LogP contribution in [-0.2, 0) is 0 Å². The predicted octanol–water partition coefficient (Wildman–Crippen LogP) is 2.71. The summed E-state index contributed by atoms with van der Waals surface area (Å²) in [7, 11) is 0. The molecule has 2 N–H and O–H groups in total. The number of nitrogens with one attached hydrogen (secondary N) is 2. The van der Waals surface area contributed by atoms with Crippen molar-refractivity contribution in [1.82, 2.24) is 10.6 Å². The zero-order chi connectivity index (χ0) is 14.0. The number of nitriles is 1. The predicted molar refractivity (Wildman–Crippen MR) is 75.7 cm³/mol. The Balaban J connectivity index is 2.46. The summed E-state index contributed by atoms with van der Waals surface area (Å²) in [6, 6.07) is 8.16. The first-order valence-corrected chi connectivity index (χ1v) is 6.65. The van der Waals surface area contributed by atoms with Crippen molar-refractivity contribution in [3.63, 3.8) is 0 Å². The summed E-state index contributed by atoms with van der Waals surface area (Å²) in [6.07, 6.45) is 0. The zero-order valence-corrected chi connectivity index (χ0v) is 11.7. The third kappa shape index (κ3) is 2.91. The minimum absolute atomic E-state index is 0.203. The third-order valence-electron chi connectivity index (χ3n) is 3.10. The maximum absolute atomic E-state index is 13.0. The Morgan fingerprint density at radius 1 is 1.32 bits per heavy atom. The smallest absolute Gasteiger partial charge is 0.123 e. The fraction of sp³-hybridized carbons (Fsp3) is 0.357. The number of benzene rings is 1. The standard InChI is InChI=1S/C14H16FN3S/c1-8(2)12-11(7-16)13(18-14(19)17-12)9-3-5-10(15)6-4-9/h3-6,8,13-14,17-19H,1-2H3. The molecule has 1 aliphatic heterocycles. The van der Waals surface area contributed by atoms with Gasteiger partial charge in [0.05, 0.1) is 17.7 Å². The Hall–Kier alpha value is -1.51. The van der Waals surface area contributed by atoms with Crippen molar-refractivity contribution < 1.29 is 4.39 Å². The van der Waals surface area contributed by atoms with Crippen molar-refractivity contribution >= 4 is 12.6 Å². The number of hydrogen-bond donors (Lipinski definition) is 3. The molecule has 0 saturated carbocycles. The number of hydrogen-bond acceptors (Lipinski definition) is 4. The summed E-state index contributed by atoms with van der Waals surface area (Å²) in [5, 5.41) is 15.7. The van der Waals surface area contributed by atoms with Gasteiger partial charge in [-0.05, 0) is 23.6 Å². The molecule has 2 atom stereocenters. The summed E-state index contributed by atoms with van der Waals surface area (Å²) < 4.78 is 13.0. The van der Waals surface area contributed by atoms with E-state index in [1.54, 1.807) is 12.1 Å². The minimum atomic E-state index is -0.285. The van der Waals surface area contributed by atoms with Crippen LogP contribution in [0.15, 0.2) is 35.5 Å². The summed E-state index contributed by atoms with van der Waals surface area (Å²) in [5.41, 5.74) is 2.14. The summed E-state index contributed by atoms with van der Waals surface area (Å²) in [6.45, 7) is 4.04. The highest BCUT2D eigenvalue weighted by atomic mass is 32.1. The van der Waals surface area contributed by atoms with Gasteiger partial charge in [-0.15, -0.1) is 12.6 Å². The molecule has 0 aromatic heterocycles. The van der Waals surface area contributed by atoms with Crippen LogP contribution >= 0.6 is 12.6 Å². The molecular weight excluding hydrogens is 261 g/mol. The van der Waals surface area contributed by atoms with Crippen molar-refractivity contribution in [3.05, 3.63) is 46.9 Å². The summed E-state index contributed by atoms with van der Waals surface area (Å²) in [4.78, 5) is 0. The molecule has 1 aromatic carbocycles. The molecular formula is C14H16FN3S. The Bertz CT molecular complexity index is 531. The van der Waals surface area contributed by atoms with Crippen molar-refractivity contribution in [2.24, 2.45) is 5.92 Å². The Morgan fingerprint density at radius 2 is 1.95 bits per heavy atom. The quantitative estimate of drug-likeness (QED) is 0.728. The number of nitrogens with zero attached hydrogens (tertiary/aromatic N) is 1. The molecule has 19 heavy (non-hydrogen) atoms. The van der Waals surface area contributed by atoms with E-state index in [-0.39, 0.29) is 23.3 Å². The van der Waals surface area contributed by atoms with E-state index in [0.717, 1.165) is 11.3 Å². The molecule has 3 nitrogen and oxygen atoms in total. The van der Waals surface area contributed by atoms with Crippen molar-refractivity contribution in [2.45, 2.75) is 25.4 Å². The van der Waals surface area contributed by atoms with E-state index < -0.39 is 0 Å². The van der Waals surface area contributed by atoms with Gasteiger partial charge >= 0.3 is 0 Å². The van der Waals surface area contributed by atoms with Gasteiger partial charge in [0.15, 0.2) is 0 Å². The summed E-state index contributed by atoms with van der Waals surface area (Å²) in [5.74, 6) is -0.0824. The average molecular weight is 277 g/mol. The molecule has 0 bridgehead atoms. The van der Waals surface area contributed by atoms with E-state index in [9.17, 15) is 9.65 Å². The van der Waals surface area contributed by atoms with Gasteiger partial charge in [-0.25, -0.2) is 4.39 Å². The molecule has 0 aliphatic carbocycles. The van der Waals surface area contributed by atoms with Gasteiger partial charge in [0.2, 0.25) is 0 Å². The molecule has 0 spiro atoms. The lowest BCUT2D eigenvalue weighted by Gasteiger charge is -2.33. The molecule has 0 saturated heterocycles. The molecule has 100 valence electrons. The van der Waals surface area contributed by atoms with E-state index >= 15 is 0 Å². The molecule has 0 amide bonds. The average Bonchev–Trinajstić information content (AvgIpc) is 2.38. The van der Waals surface area contributed by atoms with Crippen molar-refractivity contribution in [2.75, 3.05) is 0 Å². The van der Waals surface area contributed by atoms with Gasteiger partial charge in [0.1, 0.15) is 11.3 Å². The van der Waals surface area contributed by atoms with Gasteiger partial charge in [-0.1, -0.05) is 26.0 Å². The SMILES string of the molecule is CC(C)C1=C(C#N)C(c2ccc(F)cc2)NC(S)N1. The first-order chi connectivity index (χ1) is 9.02. The molecule has 0 radical (unpaired) electrons. The van der Waals surface area contributed by atoms with Gasteiger partial charge in [-0.2, -0.15) is 5.26 Å². The first kappa shape index (κ1) is 13.9. The highest BCUT2D eigenvalue weighted by Gasteiger charge is 2.28. The van der Waals surface area contributed by atoms with Crippen molar-refractivity contribution in [3.8, 4) is 6.07 Å². The van der Waals surface area contributed by atoms with Crippen LogP contribution in [0.25, 0.3) is 0 Å². The van der Waals surface area contributed by atoms with Crippen molar-refractivity contribution in [1.29, 1.82) is 5.26 Å². The second kappa shape index (κ2) is 5.64. The second-order valence-electron chi connectivity index (χ2n) is 4.79. The van der Waals surface area contributed by atoms with E-state index in [0.29, 0.717) is 5.57 Å². The lowest BCUT2D eigenvalue weighted by molar-refractivity contribution is 0.464. The number of halogens is 1. The fourth-order valence-electron chi connectivity index (χ4n) is 2.18. The van der Waals surface area contributed by atoms with E-state index in [4.69, 9.17) is 0 Å². The van der Waals surface area contributed by atoms with E-state index in [1.807, 2.05) is 13.8 Å². The minimum Gasteiger partial charge on any atom is -0.364 e. The van der Waals surface area contributed by atoms with Crippen LogP contribution in [-0.4, -0.2) is 5.50 Å². The highest BCUT2D eigenvalue weighted by molar-refractivity contribution is 7.80. The fourth-order valence-corrected chi connectivity index (χ4v) is 2.47. The molecule has 2 rings (SSSR count). The maximum Gasteiger partial charge on any atom is 0.123 e. The maximum atomic E-state index is 13.0. The largest absolute Gasteiger partial charge is 0.364 e. The first-order valence-electron chi connectivity index (χ1n) is 6.13. The van der Waals surface area contributed by atoms with Crippen LogP contribution in [0, 0.1) is 23.1 Å². The van der Waals surface area contributed by atoms with Gasteiger partial charge in [-0.3, -0.25) is 5.32 Å². The summed E-state index contributed by atoms with van der Waals surface area (Å²) >= 11 is 4.38.